The van der Waals surface area contributed by atoms with Crippen molar-refractivity contribution in [2.24, 2.45) is 5.84 Å². The Labute approximate surface area is 184 Å². The molecule has 1 aromatic carbocycles. The Hall–Kier alpha value is -2.46. The third kappa shape index (κ3) is 4.43. The molecule has 2 amide bonds. The summed E-state index contributed by atoms with van der Waals surface area (Å²) in [7, 11) is 1.40. The van der Waals surface area contributed by atoms with Gasteiger partial charge in [0.05, 0.1) is 16.3 Å². The molecule has 2 heterocycles. The van der Waals surface area contributed by atoms with Crippen molar-refractivity contribution in [3.05, 3.63) is 68.0 Å². The van der Waals surface area contributed by atoms with Gasteiger partial charge in [-0.1, -0.05) is 23.2 Å². The highest BCUT2D eigenvalue weighted by molar-refractivity contribution is 9.10. The van der Waals surface area contributed by atoms with E-state index in [0.717, 1.165) is 5.01 Å². The molecule has 3 rings (SSSR count). The van der Waals surface area contributed by atoms with Crippen LogP contribution in [-0.4, -0.2) is 38.6 Å². The van der Waals surface area contributed by atoms with E-state index in [1.807, 2.05) is 0 Å². The van der Waals surface area contributed by atoms with Crippen LogP contribution in [0, 0.1) is 6.92 Å². The van der Waals surface area contributed by atoms with Crippen LogP contribution in [0.2, 0.25) is 10.0 Å². The number of aryl methyl sites for hydroxylation is 1. The zero-order valence-electron chi connectivity index (χ0n) is 15.3. The molecule has 0 fully saturated rings. The fourth-order valence-electron chi connectivity index (χ4n) is 2.55. The zero-order chi connectivity index (χ0) is 21.3. The second-order valence-corrected chi connectivity index (χ2v) is 7.72. The number of hydrazine groups is 1. The molecule has 0 spiro atoms. The van der Waals surface area contributed by atoms with E-state index < -0.39 is 11.8 Å². The molecule has 0 aliphatic rings. The second kappa shape index (κ2) is 8.50. The van der Waals surface area contributed by atoms with Crippen molar-refractivity contribution in [1.29, 1.82) is 0 Å². The molecular formula is C18H15BrCl2N6O2. The van der Waals surface area contributed by atoms with Crippen molar-refractivity contribution in [3.8, 4) is 5.82 Å². The summed E-state index contributed by atoms with van der Waals surface area (Å²) in [6, 6.07) is 7.88. The highest BCUT2D eigenvalue weighted by Gasteiger charge is 2.22. The van der Waals surface area contributed by atoms with E-state index in [0.29, 0.717) is 20.2 Å². The number of nitrogens with one attached hydrogen (secondary N) is 1. The first-order chi connectivity index (χ1) is 13.7. The third-order valence-electron chi connectivity index (χ3n) is 3.95. The van der Waals surface area contributed by atoms with Crippen molar-refractivity contribution >= 4 is 56.6 Å². The van der Waals surface area contributed by atoms with E-state index in [1.54, 1.807) is 25.1 Å². The Kier molecular flexibility index (Phi) is 6.23. The van der Waals surface area contributed by atoms with Crippen LogP contribution in [0.1, 0.15) is 26.4 Å². The van der Waals surface area contributed by atoms with Crippen LogP contribution < -0.4 is 11.2 Å². The third-order valence-corrected chi connectivity index (χ3v) is 5.04. The van der Waals surface area contributed by atoms with Gasteiger partial charge in [-0.2, -0.15) is 5.10 Å². The first-order valence-electron chi connectivity index (χ1n) is 8.19. The van der Waals surface area contributed by atoms with E-state index in [2.05, 4.69) is 31.3 Å². The van der Waals surface area contributed by atoms with Gasteiger partial charge in [0.15, 0.2) is 5.82 Å². The summed E-state index contributed by atoms with van der Waals surface area (Å²) in [5.41, 5.74) is 1.25. The molecule has 2 aromatic heterocycles. The lowest BCUT2D eigenvalue weighted by molar-refractivity contribution is 0.0796. The summed E-state index contributed by atoms with van der Waals surface area (Å²) in [6.45, 7) is 1.76. The minimum atomic E-state index is -0.527. The number of nitrogens with zero attached hydrogens (tertiary/aromatic N) is 4. The monoisotopic (exact) mass is 496 g/mol. The molecule has 0 saturated carbocycles. The minimum absolute atomic E-state index is 0.153. The maximum atomic E-state index is 13.0. The quantitative estimate of drug-likeness (QED) is 0.323. The Morgan fingerprint density at radius 1 is 1.24 bits per heavy atom. The average Bonchev–Trinajstić information content (AvgIpc) is 3.05. The number of aromatic nitrogens is 3. The number of hydrogen-bond acceptors (Lipinski definition) is 5. The molecular weight excluding hydrogens is 483 g/mol. The molecule has 0 unspecified atom stereocenters. The van der Waals surface area contributed by atoms with E-state index in [4.69, 9.17) is 29.0 Å². The number of carbonyl (C=O) groups excluding carboxylic acids is 2. The number of anilines is 1. The number of carbonyl (C=O) groups is 2. The van der Waals surface area contributed by atoms with Gasteiger partial charge in [0.25, 0.3) is 11.8 Å². The number of amides is 2. The largest absolute Gasteiger partial charge is 0.320 e. The molecule has 0 radical (unpaired) electrons. The van der Waals surface area contributed by atoms with E-state index in [1.165, 1.54) is 30.1 Å². The lowest BCUT2D eigenvalue weighted by atomic mass is 10.1. The Morgan fingerprint density at radius 2 is 1.97 bits per heavy atom. The number of pyridine rings is 1. The molecule has 8 nitrogen and oxygen atoms in total. The highest BCUT2D eigenvalue weighted by Crippen LogP contribution is 2.27. The van der Waals surface area contributed by atoms with Gasteiger partial charge in [0.1, 0.15) is 10.3 Å². The number of nitrogens with two attached hydrogens (primary N) is 1. The minimum Gasteiger partial charge on any atom is -0.320 e. The van der Waals surface area contributed by atoms with Crippen LogP contribution in [-0.2, 0) is 0 Å². The summed E-state index contributed by atoms with van der Waals surface area (Å²) < 4.78 is 1.72. The number of hydrogen-bond donors (Lipinski definition) is 2. The normalized spacial score (nSPS) is 10.7. The van der Waals surface area contributed by atoms with E-state index in [-0.39, 0.29) is 22.8 Å². The predicted octanol–water partition coefficient (Wildman–Crippen LogP) is 3.84. The van der Waals surface area contributed by atoms with Gasteiger partial charge in [-0.05, 0) is 52.7 Å². The Bertz CT molecular complexity index is 1120. The van der Waals surface area contributed by atoms with Gasteiger partial charge in [0, 0.05) is 24.3 Å². The van der Waals surface area contributed by atoms with Crippen LogP contribution in [0.4, 0.5) is 5.69 Å². The number of benzene rings is 1. The smallest absolute Gasteiger partial charge is 0.274 e. The van der Waals surface area contributed by atoms with Crippen molar-refractivity contribution in [1.82, 2.24) is 19.8 Å². The second-order valence-electron chi connectivity index (χ2n) is 6.09. The van der Waals surface area contributed by atoms with E-state index >= 15 is 0 Å². The van der Waals surface area contributed by atoms with Gasteiger partial charge in [-0.25, -0.2) is 15.5 Å². The Balaban J connectivity index is 2.04. The van der Waals surface area contributed by atoms with Crippen molar-refractivity contribution in [3.63, 3.8) is 0 Å². The Morgan fingerprint density at radius 3 is 2.62 bits per heavy atom. The lowest BCUT2D eigenvalue weighted by Gasteiger charge is -2.16. The summed E-state index contributed by atoms with van der Waals surface area (Å²) in [5, 5.41) is 8.56. The molecule has 0 atom stereocenters. The van der Waals surface area contributed by atoms with Crippen molar-refractivity contribution in [2.45, 2.75) is 6.92 Å². The molecule has 0 saturated heterocycles. The van der Waals surface area contributed by atoms with Crippen LogP contribution in [0.15, 0.2) is 41.1 Å². The van der Waals surface area contributed by atoms with Gasteiger partial charge >= 0.3 is 0 Å². The molecule has 0 bridgehead atoms. The molecule has 11 heteroatoms. The van der Waals surface area contributed by atoms with Crippen molar-refractivity contribution in [2.75, 3.05) is 12.4 Å². The summed E-state index contributed by atoms with van der Waals surface area (Å²) >= 11 is 15.6. The van der Waals surface area contributed by atoms with Crippen LogP contribution >= 0.6 is 39.1 Å². The molecule has 3 N–H and O–H groups in total. The fraction of sp³-hybridized carbons (Fsp3) is 0.111. The molecule has 0 aliphatic carbocycles. The SMILES string of the molecule is Cc1cc(NC(=O)c2cc(Br)nn2-c2ncccc2Cl)c(C(=O)N(C)N)cc1Cl. The summed E-state index contributed by atoms with van der Waals surface area (Å²) in [5.74, 6) is 4.82. The average molecular weight is 498 g/mol. The standard InChI is InChI=1S/C18H15BrCl2N6O2/c1-9-6-13(10(7-12(9)21)18(29)26(2)22)24-17(28)14-8-15(19)25-27(14)16-11(20)4-3-5-23-16/h3-8H,22H2,1-2H3,(H,24,28). The van der Waals surface area contributed by atoms with E-state index in [9.17, 15) is 9.59 Å². The topological polar surface area (TPSA) is 106 Å². The van der Waals surface area contributed by atoms with Crippen molar-refractivity contribution < 1.29 is 9.59 Å². The molecule has 150 valence electrons. The van der Waals surface area contributed by atoms with Gasteiger partial charge in [0.2, 0.25) is 0 Å². The van der Waals surface area contributed by atoms with Crippen LogP contribution in [0.3, 0.4) is 0 Å². The first-order valence-corrected chi connectivity index (χ1v) is 9.74. The highest BCUT2D eigenvalue weighted by atomic mass is 79.9. The predicted molar refractivity (Wildman–Crippen MR) is 114 cm³/mol. The van der Waals surface area contributed by atoms with Crippen LogP contribution in [0.5, 0.6) is 0 Å². The maximum Gasteiger partial charge on any atom is 0.274 e. The molecule has 29 heavy (non-hydrogen) atoms. The maximum absolute atomic E-state index is 13.0. The summed E-state index contributed by atoms with van der Waals surface area (Å²) in [6.07, 6.45) is 1.54. The fourth-order valence-corrected chi connectivity index (χ4v) is 3.29. The zero-order valence-corrected chi connectivity index (χ0v) is 18.4. The van der Waals surface area contributed by atoms with Gasteiger partial charge in [-0.3, -0.25) is 14.6 Å². The first kappa shape index (κ1) is 21.3. The van der Waals surface area contributed by atoms with Gasteiger partial charge in [-0.15, -0.1) is 0 Å². The number of halogens is 3. The number of rotatable bonds is 4. The molecule has 0 aliphatic heterocycles. The molecule has 3 aromatic rings. The summed E-state index contributed by atoms with van der Waals surface area (Å²) in [4.78, 5) is 29.6. The lowest BCUT2D eigenvalue weighted by Crippen LogP contribution is -2.34. The van der Waals surface area contributed by atoms with Gasteiger partial charge < -0.3 is 5.32 Å². The van der Waals surface area contributed by atoms with Crippen LogP contribution in [0.25, 0.3) is 5.82 Å².